The molecule has 0 amide bonds. The monoisotopic (exact) mass is 296 g/mol. The molecule has 0 aromatic heterocycles. The number of hydrogen-bond acceptors (Lipinski definition) is 4. The topological polar surface area (TPSA) is 21.8 Å². The molecule has 0 bridgehead atoms. The fraction of sp³-hybridized carbons (Fsp3) is 0.882. The van der Waals surface area contributed by atoms with Crippen molar-refractivity contribution in [2.75, 3.05) is 66.0 Å². The zero-order valence-electron chi connectivity index (χ0n) is 14.5. The molecule has 0 aliphatic carbocycles. The van der Waals surface area contributed by atoms with E-state index in [1.54, 1.807) is 0 Å². The van der Waals surface area contributed by atoms with Gasteiger partial charge in [-0.3, -0.25) is 9.80 Å². The molecule has 0 radical (unpaired) electrons. The minimum atomic E-state index is 0.996. The molecule has 2 saturated heterocycles. The predicted molar refractivity (Wildman–Crippen MR) is 92.7 cm³/mol. The van der Waals surface area contributed by atoms with Crippen molar-refractivity contribution in [1.29, 1.82) is 0 Å². The van der Waals surface area contributed by atoms with Gasteiger partial charge in [-0.25, -0.2) is 0 Å². The molecular weight excluding hydrogens is 260 g/mol. The quantitative estimate of drug-likeness (QED) is 0.807. The van der Waals surface area contributed by atoms with Gasteiger partial charge in [0.1, 0.15) is 0 Å². The number of likely N-dealkylation sites (N-methyl/N-ethyl adjacent to an activating group) is 1. The molecule has 0 unspecified atom stereocenters. The van der Waals surface area contributed by atoms with Crippen LogP contribution in [0.4, 0.5) is 0 Å². The van der Waals surface area contributed by atoms with Crippen molar-refractivity contribution in [2.45, 2.75) is 33.1 Å². The Morgan fingerprint density at radius 1 is 0.810 bits per heavy atom. The fourth-order valence-corrected chi connectivity index (χ4v) is 2.99. The third-order valence-corrected chi connectivity index (χ3v) is 4.41. The first-order valence-electron chi connectivity index (χ1n) is 8.80. The molecule has 4 nitrogen and oxygen atoms in total. The van der Waals surface area contributed by atoms with Crippen LogP contribution < -0.4 is 5.32 Å². The highest BCUT2D eigenvalue weighted by molar-refractivity contribution is 4.94. The summed E-state index contributed by atoms with van der Waals surface area (Å²) in [4.78, 5) is 7.75. The van der Waals surface area contributed by atoms with Crippen LogP contribution in [-0.2, 0) is 0 Å². The van der Waals surface area contributed by atoms with E-state index in [2.05, 4.69) is 26.6 Å². The first-order chi connectivity index (χ1) is 10.3. The molecule has 2 aliphatic rings. The summed E-state index contributed by atoms with van der Waals surface area (Å²) in [7, 11) is 1.96. The van der Waals surface area contributed by atoms with Gasteiger partial charge in [-0.05, 0) is 25.9 Å². The van der Waals surface area contributed by atoms with Gasteiger partial charge in [0.15, 0.2) is 0 Å². The Balaban J connectivity index is 0.00000106. The van der Waals surface area contributed by atoms with Gasteiger partial charge in [0.25, 0.3) is 0 Å². The van der Waals surface area contributed by atoms with Crippen LogP contribution >= 0.6 is 0 Å². The van der Waals surface area contributed by atoms with Gasteiger partial charge in [0.05, 0.1) is 0 Å². The molecule has 0 saturated carbocycles. The highest BCUT2D eigenvalue weighted by Crippen LogP contribution is 2.09. The smallest absolute Gasteiger partial charge is 0.0376 e. The number of hydrogen-bond donors (Lipinski definition) is 1. The normalized spacial score (nSPS) is 21.5. The molecule has 21 heavy (non-hydrogen) atoms. The standard InChI is InChI=1S/C15H30N4.C2H6/c1-15(16-2)14-19-12-10-18(11-13-19)9-8-17-6-4-3-5-7-17;1-2/h16H,1,3-14H2,2H3;1-2H3. The average molecular weight is 297 g/mol. The number of rotatable bonds is 6. The van der Waals surface area contributed by atoms with Gasteiger partial charge in [0, 0.05) is 58.6 Å². The van der Waals surface area contributed by atoms with E-state index >= 15 is 0 Å². The molecule has 0 aromatic carbocycles. The second-order valence-corrected chi connectivity index (χ2v) is 5.87. The van der Waals surface area contributed by atoms with E-state index in [-0.39, 0.29) is 0 Å². The lowest BCUT2D eigenvalue weighted by molar-refractivity contribution is 0.119. The van der Waals surface area contributed by atoms with Gasteiger partial charge in [0.2, 0.25) is 0 Å². The fourth-order valence-electron chi connectivity index (χ4n) is 2.99. The van der Waals surface area contributed by atoms with E-state index in [0.717, 1.165) is 12.2 Å². The van der Waals surface area contributed by atoms with Crippen LogP contribution in [0.5, 0.6) is 0 Å². The zero-order chi connectivity index (χ0) is 15.5. The lowest BCUT2D eigenvalue weighted by Crippen LogP contribution is -2.49. The Hall–Kier alpha value is -0.580. The van der Waals surface area contributed by atoms with E-state index in [9.17, 15) is 0 Å². The molecule has 2 rings (SSSR count). The van der Waals surface area contributed by atoms with E-state index in [1.807, 2.05) is 20.9 Å². The van der Waals surface area contributed by atoms with Gasteiger partial charge < -0.3 is 10.2 Å². The molecule has 2 heterocycles. The lowest BCUT2D eigenvalue weighted by atomic mass is 10.1. The molecule has 124 valence electrons. The summed E-state index contributed by atoms with van der Waals surface area (Å²) in [6.45, 7) is 19.0. The van der Waals surface area contributed by atoms with Crippen LogP contribution in [0.1, 0.15) is 33.1 Å². The van der Waals surface area contributed by atoms with Crippen molar-refractivity contribution in [3.8, 4) is 0 Å². The van der Waals surface area contributed by atoms with Crippen molar-refractivity contribution < 1.29 is 0 Å². The maximum Gasteiger partial charge on any atom is 0.0376 e. The molecule has 2 fully saturated rings. The summed E-state index contributed by atoms with van der Waals surface area (Å²) >= 11 is 0. The van der Waals surface area contributed by atoms with Crippen LogP contribution in [0.2, 0.25) is 0 Å². The lowest BCUT2D eigenvalue weighted by Gasteiger charge is -2.36. The van der Waals surface area contributed by atoms with Crippen LogP contribution in [0.15, 0.2) is 12.3 Å². The summed E-state index contributed by atoms with van der Waals surface area (Å²) in [5, 5.41) is 3.14. The van der Waals surface area contributed by atoms with Crippen molar-refractivity contribution in [3.63, 3.8) is 0 Å². The van der Waals surface area contributed by atoms with Crippen molar-refractivity contribution in [1.82, 2.24) is 20.0 Å². The van der Waals surface area contributed by atoms with E-state index in [1.165, 1.54) is 71.6 Å². The summed E-state index contributed by atoms with van der Waals surface area (Å²) in [5.74, 6) is 0. The van der Waals surface area contributed by atoms with Crippen LogP contribution in [0, 0.1) is 0 Å². The zero-order valence-corrected chi connectivity index (χ0v) is 14.5. The van der Waals surface area contributed by atoms with Crippen LogP contribution in [0.25, 0.3) is 0 Å². The molecule has 0 atom stereocenters. The molecule has 2 aliphatic heterocycles. The van der Waals surface area contributed by atoms with E-state index < -0.39 is 0 Å². The van der Waals surface area contributed by atoms with Gasteiger partial charge >= 0.3 is 0 Å². The number of nitrogens with one attached hydrogen (secondary N) is 1. The number of likely N-dealkylation sites (tertiary alicyclic amines) is 1. The summed E-state index contributed by atoms with van der Waals surface area (Å²) in [6, 6.07) is 0. The average Bonchev–Trinajstić information content (AvgIpc) is 2.57. The molecule has 0 spiro atoms. The van der Waals surface area contributed by atoms with Gasteiger partial charge in [-0.1, -0.05) is 26.8 Å². The summed E-state index contributed by atoms with van der Waals surface area (Å²) in [6.07, 6.45) is 4.24. The third kappa shape index (κ3) is 7.30. The van der Waals surface area contributed by atoms with Crippen molar-refractivity contribution >= 4 is 0 Å². The summed E-state index contributed by atoms with van der Waals surface area (Å²) in [5.41, 5.74) is 1.13. The second-order valence-electron chi connectivity index (χ2n) is 5.87. The molecule has 1 N–H and O–H groups in total. The van der Waals surface area contributed by atoms with Gasteiger partial charge in [-0.2, -0.15) is 0 Å². The maximum atomic E-state index is 4.01. The Bertz CT molecular complexity index is 266. The second kappa shape index (κ2) is 11.0. The molecule has 4 heteroatoms. The minimum absolute atomic E-state index is 0.996. The molecule has 0 aromatic rings. The minimum Gasteiger partial charge on any atom is -0.391 e. The Morgan fingerprint density at radius 2 is 1.29 bits per heavy atom. The van der Waals surface area contributed by atoms with Crippen molar-refractivity contribution in [2.24, 2.45) is 0 Å². The van der Waals surface area contributed by atoms with E-state index in [0.29, 0.717) is 0 Å². The predicted octanol–water partition coefficient (Wildman–Crippen LogP) is 1.85. The SMILES string of the molecule is C=C(CN1CCN(CCN2CCCCC2)CC1)NC.CC. The van der Waals surface area contributed by atoms with Gasteiger partial charge in [-0.15, -0.1) is 0 Å². The highest BCUT2D eigenvalue weighted by Gasteiger charge is 2.18. The highest BCUT2D eigenvalue weighted by atomic mass is 15.3. The number of piperidine rings is 1. The Kier molecular flexibility index (Phi) is 9.72. The maximum absolute atomic E-state index is 4.01. The van der Waals surface area contributed by atoms with Crippen molar-refractivity contribution in [3.05, 3.63) is 12.3 Å². The van der Waals surface area contributed by atoms with Crippen LogP contribution in [-0.4, -0.2) is 80.7 Å². The Labute approximate surface area is 132 Å². The van der Waals surface area contributed by atoms with E-state index in [4.69, 9.17) is 0 Å². The first-order valence-corrected chi connectivity index (χ1v) is 8.80. The Morgan fingerprint density at radius 3 is 1.81 bits per heavy atom. The number of nitrogens with zero attached hydrogens (tertiary/aromatic N) is 3. The largest absolute Gasteiger partial charge is 0.391 e. The first kappa shape index (κ1) is 18.5. The molecular formula is C17H36N4. The third-order valence-electron chi connectivity index (χ3n) is 4.41. The van der Waals surface area contributed by atoms with Crippen LogP contribution in [0.3, 0.4) is 0 Å². The summed E-state index contributed by atoms with van der Waals surface area (Å²) < 4.78 is 0. The number of piperazine rings is 1.